The van der Waals surface area contributed by atoms with Crippen molar-refractivity contribution in [3.05, 3.63) is 0 Å². The van der Waals surface area contributed by atoms with E-state index in [1.807, 2.05) is 0 Å². The molecule has 0 rings (SSSR count). The normalized spacial score (nSPS) is 13.6. The molecule has 0 bridgehead atoms. The molecule has 3 nitrogen and oxygen atoms in total. The van der Waals surface area contributed by atoms with E-state index in [1.165, 1.54) is 128 Å². The summed E-state index contributed by atoms with van der Waals surface area (Å²) in [7, 11) is 0. The lowest BCUT2D eigenvalue weighted by atomic mass is 9.94. The Balaban J connectivity index is 3.79. The second-order valence-electron chi connectivity index (χ2n) is 9.47. The molecule has 0 saturated carbocycles. The molecule has 0 aliphatic heterocycles. The van der Waals surface area contributed by atoms with Gasteiger partial charge in [0.25, 0.3) is 0 Å². The van der Waals surface area contributed by atoms with Crippen LogP contribution in [0.2, 0.25) is 0 Å². The summed E-state index contributed by atoms with van der Waals surface area (Å²) in [6.45, 7) is 5.35. The van der Waals surface area contributed by atoms with Gasteiger partial charge in [-0.25, -0.2) is 0 Å². The Hall–Kier alpha value is -0.120. The van der Waals surface area contributed by atoms with Crippen LogP contribution in [0.25, 0.3) is 0 Å². The fraction of sp³-hybridized carbons (Fsp3) is 1.00. The molecule has 3 heteroatoms. The number of rotatable bonds is 25. The number of ether oxygens (including phenoxy) is 1. The van der Waals surface area contributed by atoms with E-state index in [9.17, 15) is 5.11 Å². The van der Waals surface area contributed by atoms with Crippen LogP contribution < -0.4 is 0 Å². The fourth-order valence-electron chi connectivity index (χ4n) is 4.22. The van der Waals surface area contributed by atoms with Crippen molar-refractivity contribution in [2.24, 2.45) is 5.92 Å². The van der Waals surface area contributed by atoms with Gasteiger partial charge in [0.2, 0.25) is 0 Å². The van der Waals surface area contributed by atoms with Crippen LogP contribution in [0.5, 0.6) is 0 Å². The predicted molar refractivity (Wildman–Crippen MR) is 131 cm³/mol. The van der Waals surface area contributed by atoms with E-state index in [2.05, 4.69) is 13.8 Å². The molecule has 0 aromatic rings. The first-order chi connectivity index (χ1) is 14.7. The highest BCUT2D eigenvalue weighted by Gasteiger charge is 2.11. The lowest BCUT2D eigenvalue weighted by Crippen LogP contribution is -2.22. The first kappa shape index (κ1) is 29.9. The summed E-state index contributed by atoms with van der Waals surface area (Å²) in [6, 6.07) is 0. The molecule has 0 fully saturated rings. The van der Waals surface area contributed by atoms with Gasteiger partial charge >= 0.3 is 0 Å². The van der Waals surface area contributed by atoms with Gasteiger partial charge in [0, 0.05) is 6.61 Å². The van der Waals surface area contributed by atoms with Gasteiger partial charge in [0.05, 0.1) is 13.2 Å². The van der Waals surface area contributed by atoms with Gasteiger partial charge in [-0.2, -0.15) is 0 Å². The van der Waals surface area contributed by atoms with Gasteiger partial charge in [0.1, 0.15) is 6.10 Å². The van der Waals surface area contributed by atoms with Crippen LogP contribution in [0.3, 0.4) is 0 Å². The number of aliphatic hydroxyl groups excluding tert-OH is 2. The molecule has 0 aliphatic rings. The van der Waals surface area contributed by atoms with Crippen LogP contribution in [0, 0.1) is 5.92 Å². The first-order valence-corrected chi connectivity index (χ1v) is 13.6. The van der Waals surface area contributed by atoms with Crippen molar-refractivity contribution in [2.75, 3.05) is 19.8 Å². The second-order valence-corrected chi connectivity index (χ2v) is 9.47. The van der Waals surface area contributed by atoms with E-state index >= 15 is 0 Å². The first-order valence-electron chi connectivity index (χ1n) is 13.6. The van der Waals surface area contributed by atoms with Crippen molar-refractivity contribution in [3.63, 3.8) is 0 Å². The molecule has 0 heterocycles. The van der Waals surface area contributed by atoms with Gasteiger partial charge in [-0.3, -0.25) is 0 Å². The Bertz CT molecular complexity index is 308. The number of hydrogen-bond donors (Lipinski definition) is 2. The maximum absolute atomic E-state index is 9.50. The lowest BCUT2D eigenvalue weighted by molar-refractivity contribution is -0.00677. The summed E-state index contributed by atoms with van der Waals surface area (Å²) in [4.78, 5) is 0. The zero-order valence-electron chi connectivity index (χ0n) is 20.7. The number of hydrogen-bond acceptors (Lipinski definition) is 3. The number of unbranched alkanes of at least 4 members (excludes halogenated alkanes) is 16. The summed E-state index contributed by atoms with van der Waals surface area (Å²) in [6.07, 6.45) is 26.5. The highest BCUT2D eigenvalue weighted by Crippen LogP contribution is 2.20. The molecule has 0 aromatic carbocycles. The molecule has 0 aliphatic carbocycles. The van der Waals surface area contributed by atoms with Gasteiger partial charge < -0.3 is 14.9 Å². The average Bonchev–Trinajstić information content (AvgIpc) is 2.76. The molecule has 30 heavy (non-hydrogen) atoms. The van der Waals surface area contributed by atoms with Gasteiger partial charge in [-0.1, -0.05) is 129 Å². The zero-order chi connectivity index (χ0) is 22.1. The van der Waals surface area contributed by atoms with Gasteiger partial charge in [0.15, 0.2) is 0 Å². The second kappa shape index (κ2) is 25.1. The van der Waals surface area contributed by atoms with E-state index in [-0.39, 0.29) is 13.2 Å². The molecule has 2 unspecified atom stereocenters. The van der Waals surface area contributed by atoms with Crippen LogP contribution in [-0.2, 0) is 4.74 Å². The van der Waals surface area contributed by atoms with E-state index in [1.54, 1.807) is 0 Å². The lowest BCUT2D eigenvalue weighted by Gasteiger charge is -2.18. The van der Waals surface area contributed by atoms with E-state index in [0.717, 1.165) is 6.61 Å². The van der Waals surface area contributed by atoms with E-state index < -0.39 is 6.10 Å². The third-order valence-corrected chi connectivity index (χ3v) is 6.31. The Kier molecular flexibility index (Phi) is 25.0. The summed E-state index contributed by atoms with van der Waals surface area (Å²) in [5.41, 5.74) is 0. The Morgan fingerprint density at radius 3 is 1.27 bits per heavy atom. The fourth-order valence-corrected chi connectivity index (χ4v) is 4.22. The van der Waals surface area contributed by atoms with Crippen molar-refractivity contribution in [3.8, 4) is 0 Å². The maximum atomic E-state index is 9.50. The van der Waals surface area contributed by atoms with Crippen molar-refractivity contribution in [1.82, 2.24) is 0 Å². The molecular formula is C27H56O3. The summed E-state index contributed by atoms with van der Waals surface area (Å²) in [5.74, 6) is 0.616. The quantitative estimate of drug-likeness (QED) is 0.146. The zero-order valence-corrected chi connectivity index (χ0v) is 20.7. The minimum atomic E-state index is -0.730. The topological polar surface area (TPSA) is 49.7 Å². The standard InChI is InChI=1S/C27H56O3/c1-3-5-7-9-11-13-14-16-18-20-22-26(24-30-25-27(29)23-28)21-19-17-15-12-10-8-6-4-2/h26-29H,3-25H2,1-2H3. The van der Waals surface area contributed by atoms with Crippen molar-refractivity contribution in [2.45, 2.75) is 148 Å². The van der Waals surface area contributed by atoms with Gasteiger partial charge in [-0.15, -0.1) is 0 Å². The summed E-state index contributed by atoms with van der Waals surface area (Å²) >= 11 is 0. The minimum absolute atomic E-state index is 0.207. The average molecular weight is 429 g/mol. The number of aliphatic hydroxyl groups is 2. The SMILES string of the molecule is CCCCCCCCCCCCC(CCCCCCCCCC)COCC(O)CO. The molecule has 0 saturated heterocycles. The molecule has 182 valence electrons. The Morgan fingerprint density at radius 2 is 0.900 bits per heavy atom. The Labute approximate surface area is 189 Å². The third kappa shape index (κ3) is 22.6. The van der Waals surface area contributed by atoms with Crippen molar-refractivity contribution in [1.29, 1.82) is 0 Å². The molecule has 0 aromatic heterocycles. The van der Waals surface area contributed by atoms with E-state index in [0.29, 0.717) is 5.92 Å². The highest BCUT2D eigenvalue weighted by atomic mass is 16.5. The van der Waals surface area contributed by atoms with Crippen LogP contribution in [0.1, 0.15) is 142 Å². The van der Waals surface area contributed by atoms with Crippen molar-refractivity contribution >= 4 is 0 Å². The summed E-state index contributed by atoms with van der Waals surface area (Å²) < 4.78 is 5.70. The van der Waals surface area contributed by atoms with Crippen LogP contribution in [0.4, 0.5) is 0 Å². The third-order valence-electron chi connectivity index (χ3n) is 6.31. The smallest absolute Gasteiger partial charge is 0.100 e. The molecule has 2 atom stereocenters. The minimum Gasteiger partial charge on any atom is -0.394 e. The molecular weight excluding hydrogens is 372 g/mol. The monoisotopic (exact) mass is 428 g/mol. The van der Waals surface area contributed by atoms with Gasteiger partial charge in [-0.05, 0) is 18.8 Å². The van der Waals surface area contributed by atoms with E-state index in [4.69, 9.17) is 9.84 Å². The molecule has 0 radical (unpaired) electrons. The van der Waals surface area contributed by atoms with Crippen LogP contribution >= 0.6 is 0 Å². The predicted octanol–water partition coefficient (Wildman–Crippen LogP) is 7.81. The maximum Gasteiger partial charge on any atom is 0.100 e. The van der Waals surface area contributed by atoms with Crippen LogP contribution in [0.15, 0.2) is 0 Å². The largest absolute Gasteiger partial charge is 0.394 e. The van der Waals surface area contributed by atoms with Crippen LogP contribution in [-0.4, -0.2) is 36.1 Å². The van der Waals surface area contributed by atoms with Crippen molar-refractivity contribution < 1.29 is 14.9 Å². The summed E-state index contributed by atoms with van der Waals surface area (Å²) in [5, 5.41) is 18.4. The molecule has 2 N–H and O–H groups in total. The Morgan fingerprint density at radius 1 is 0.533 bits per heavy atom. The highest BCUT2D eigenvalue weighted by molar-refractivity contribution is 4.62. The molecule has 0 spiro atoms. The molecule has 0 amide bonds.